The number of hydrogen-bond acceptors (Lipinski definition) is 3. The van der Waals surface area contributed by atoms with E-state index in [1.807, 2.05) is 30.3 Å². The zero-order valence-corrected chi connectivity index (χ0v) is 12.2. The molecule has 0 unspecified atom stereocenters. The van der Waals surface area contributed by atoms with Crippen LogP contribution < -0.4 is 5.32 Å². The van der Waals surface area contributed by atoms with E-state index >= 15 is 0 Å². The van der Waals surface area contributed by atoms with Gasteiger partial charge in [0.1, 0.15) is 11.6 Å². The summed E-state index contributed by atoms with van der Waals surface area (Å²) in [6.45, 7) is 6.85. The van der Waals surface area contributed by atoms with Gasteiger partial charge in [-0.05, 0) is 45.7 Å². The van der Waals surface area contributed by atoms with Crippen molar-refractivity contribution in [2.75, 3.05) is 0 Å². The minimum atomic E-state index is -0.707. The van der Waals surface area contributed by atoms with Crippen LogP contribution in [0.1, 0.15) is 33.3 Å². The summed E-state index contributed by atoms with van der Waals surface area (Å²) in [7, 11) is 0. The summed E-state index contributed by atoms with van der Waals surface area (Å²) >= 11 is 0. The maximum atomic E-state index is 11.8. The molecule has 1 atom stereocenters. The molecule has 0 aliphatic rings. The summed E-state index contributed by atoms with van der Waals surface area (Å²) in [5, 5.41) is 2.46. The highest BCUT2D eigenvalue weighted by atomic mass is 16.6. The van der Waals surface area contributed by atoms with Gasteiger partial charge in [0.2, 0.25) is 5.78 Å². The van der Waals surface area contributed by atoms with Crippen LogP contribution in [0.3, 0.4) is 0 Å². The Labute approximate surface area is 119 Å². The van der Waals surface area contributed by atoms with Crippen molar-refractivity contribution in [2.24, 2.45) is 0 Å². The second-order valence-corrected chi connectivity index (χ2v) is 5.35. The molecule has 4 nitrogen and oxygen atoms in total. The number of carbonyl (C=O) groups excluding carboxylic acids is 2. The number of alkyl carbamates (subject to hydrolysis) is 1. The topological polar surface area (TPSA) is 55.4 Å². The van der Waals surface area contributed by atoms with Crippen molar-refractivity contribution in [1.29, 1.82) is 0 Å². The third kappa shape index (κ3) is 6.05. The monoisotopic (exact) mass is 273 g/mol. The summed E-state index contributed by atoms with van der Waals surface area (Å²) in [5.74, 6) is 4.90. The highest BCUT2D eigenvalue weighted by Gasteiger charge is 2.19. The lowest BCUT2D eigenvalue weighted by Gasteiger charge is -2.20. The van der Waals surface area contributed by atoms with Gasteiger partial charge in [0.15, 0.2) is 0 Å². The van der Waals surface area contributed by atoms with Crippen LogP contribution in [0.15, 0.2) is 30.3 Å². The van der Waals surface area contributed by atoms with Gasteiger partial charge in [-0.3, -0.25) is 4.79 Å². The summed E-state index contributed by atoms with van der Waals surface area (Å²) in [5.41, 5.74) is 0.160. The average molecular weight is 273 g/mol. The molecule has 1 rings (SSSR count). The van der Waals surface area contributed by atoms with Crippen molar-refractivity contribution in [1.82, 2.24) is 5.32 Å². The van der Waals surface area contributed by atoms with E-state index in [-0.39, 0.29) is 5.78 Å². The molecule has 0 bridgehead atoms. The van der Waals surface area contributed by atoms with E-state index in [1.165, 1.54) is 0 Å². The van der Waals surface area contributed by atoms with Gasteiger partial charge in [0, 0.05) is 5.56 Å². The Morgan fingerprint density at radius 2 is 1.80 bits per heavy atom. The van der Waals surface area contributed by atoms with Crippen molar-refractivity contribution >= 4 is 11.9 Å². The molecule has 4 heteroatoms. The van der Waals surface area contributed by atoms with Crippen LogP contribution in [0.4, 0.5) is 4.79 Å². The number of hydrogen-bond donors (Lipinski definition) is 1. The predicted molar refractivity (Wildman–Crippen MR) is 77.2 cm³/mol. The molecule has 0 spiro atoms. The molecule has 0 aromatic heterocycles. The molecule has 20 heavy (non-hydrogen) atoms. The Kier molecular flexibility index (Phi) is 5.33. The quantitative estimate of drug-likeness (QED) is 0.842. The van der Waals surface area contributed by atoms with Gasteiger partial charge in [-0.2, -0.15) is 0 Å². The zero-order valence-electron chi connectivity index (χ0n) is 12.2. The Bertz CT molecular complexity index is 532. The second kappa shape index (κ2) is 6.76. The predicted octanol–water partition coefficient (Wildman–Crippen LogP) is 2.52. The van der Waals surface area contributed by atoms with Crippen molar-refractivity contribution in [2.45, 2.75) is 39.3 Å². The molecular weight excluding hydrogens is 254 g/mol. The number of ether oxygens (including phenoxy) is 1. The molecule has 1 aromatic carbocycles. The van der Waals surface area contributed by atoms with Crippen molar-refractivity contribution in [3.8, 4) is 11.8 Å². The molecule has 0 fully saturated rings. The lowest BCUT2D eigenvalue weighted by atomic mass is 10.2. The Morgan fingerprint density at radius 3 is 2.35 bits per heavy atom. The van der Waals surface area contributed by atoms with E-state index in [0.29, 0.717) is 0 Å². The number of ketones is 1. The fourth-order valence-electron chi connectivity index (χ4n) is 1.31. The van der Waals surface area contributed by atoms with Crippen LogP contribution in [-0.2, 0) is 9.53 Å². The summed E-state index contributed by atoms with van der Waals surface area (Å²) in [6.07, 6.45) is -0.625. The molecule has 1 aromatic rings. The highest BCUT2D eigenvalue weighted by molar-refractivity contribution is 6.01. The van der Waals surface area contributed by atoms with Gasteiger partial charge >= 0.3 is 6.09 Å². The number of rotatable bonds is 2. The molecule has 0 heterocycles. The SMILES string of the molecule is C[C@H](NC(=O)OC(C)(C)C)C(=O)C#Cc1ccccc1. The minimum absolute atomic E-state index is 0.361. The summed E-state index contributed by atoms with van der Waals surface area (Å²) < 4.78 is 5.07. The number of carbonyl (C=O) groups is 2. The van der Waals surface area contributed by atoms with E-state index < -0.39 is 17.7 Å². The van der Waals surface area contributed by atoms with E-state index in [0.717, 1.165) is 5.56 Å². The number of Topliss-reactive ketones (excluding diaryl/α,β-unsaturated/α-hetero) is 1. The number of nitrogens with one attached hydrogen (secondary N) is 1. The largest absolute Gasteiger partial charge is 0.444 e. The average Bonchev–Trinajstić information content (AvgIpc) is 2.34. The first-order chi connectivity index (χ1) is 9.28. The second-order valence-electron chi connectivity index (χ2n) is 5.35. The van der Waals surface area contributed by atoms with E-state index in [9.17, 15) is 9.59 Å². The third-order valence-electron chi connectivity index (χ3n) is 2.23. The molecule has 0 saturated carbocycles. The molecule has 1 amide bonds. The fraction of sp³-hybridized carbons (Fsp3) is 0.375. The van der Waals surface area contributed by atoms with Crippen LogP contribution in [0.5, 0.6) is 0 Å². The van der Waals surface area contributed by atoms with Crippen LogP contribution >= 0.6 is 0 Å². The van der Waals surface area contributed by atoms with Crippen LogP contribution in [0, 0.1) is 11.8 Å². The first kappa shape index (κ1) is 15.8. The highest BCUT2D eigenvalue weighted by Crippen LogP contribution is 2.06. The molecule has 1 N–H and O–H groups in total. The number of benzene rings is 1. The number of amides is 1. The third-order valence-corrected chi connectivity index (χ3v) is 2.23. The van der Waals surface area contributed by atoms with Gasteiger partial charge in [0.05, 0.1) is 0 Å². The molecule has 0 aliphatic heterocycles. The Balaban J connectivity index is 2.56. The molecule has 106 valence electrons. The normalized spacial score (nSPS) is 11.8. The van der Waals surface area contributed by atoms with Crippen molar-refractivity contribution in [3.63, 3.8) is 0 Å². The standard InChI is InChI=1S/C16H19NO3/c1-12(17-15(19)20-16(2,3)4)14(18)11-10-13-8-6-5-7-9-13/h5-9,12H,1-4H3,(H,17,19)/t12-/m0/s1. The lowest BCUT2D eigenvalue weighted by Crippen LogP contribution is -2.41. The van der Waals surface area contributed by atoms with Gasteiger partial charge in [0.25, 0.3) is 0 Å². The Hall–Kier alpha value is -2.28. The lowest BCUT2D eigenvalue weighted by molar-refractivity contribution is -0.115. The van der Waals surface area contributed by atoms with Crippen LogP contribution in [0.25, 0.3) is 0 Å². The minimum Gasteiger partial charge on any atom is -0.444 e. The zero-order chi connectivity index (χ0) is 15.2. The van der Waals surface area contributed by atoms with Gasteiger partial charge in [-0.25, -0.2) is 4.79 Å². The maximum Gasteiger partial charge on any atom is 0.408 e. The fourth-order valence-corrected chi connectivity index (χ4v) is 1.31. The molecular formula is C16H19NO3. The van der Waals surface area contributed by atoms with Crippen molar-refractivity contribution < 1.29 is 14.3 Å². The van der Waals surface area contributed by atoms with E-state index in [4.69, 9.17) is 4.74 Å². The van der Waals surface area contributed by atoms with Crippen LogP contribution in [0.2, 0.25) is 0 Å². The van der Waals surface area contributed by atoms with Gasteiger partial charge in [-0.15, -0.1) is 0 Å². The molecule has 0 radical (unpaired) electrons. The van der Waals surface area contributed by atoms with Gasteiger partial charge < -0.3 is 10.1 Å². The van der Waals surface area contributed by atoms with E-state index in [2.05, 4.69) is 17.2 Å². The van der Waals surface area contributed by atoms with E-state index in [1.54, 1.807) is 27.7 Å². The summed E-state index contributed by atoms with van der Waals surface area (Å²) in [6, 6.07) is 8.48. The van der Waals surface area contributed by atoms with Crippen LogP contribution in [-0.4, -0.2) is 23.5 Å². The molecule has 0 saturated heterocycles. The maximum absolute atomic E-state index is 11.8. The smallest absolute Gasteiger partial charge is 0.408 e. The van der Waals surface area contributed by atoms with Gasteiger partial charge in [-0.1, -0.05) is 24.1 Å². The molecule has 0 aliphatic carbocycles. The first-order valence-electron chi connectivity index (χ1n) is 6.38. The Morgan fingerprint density at radius 1 is 1.20 bits per heavy atom. The summed E-state index contributed by atoms with van der Waals surface area (Å²) in [4.78, 5) is 23.3. The first-order valence-corrected chi connectivity index (χ1v) is 6.38. The van der Waals surface area contributed by atoms with Crippen molar-refractivity contribution in [3.05, 3.63) is 35.9 Å².